The highest BCUT2D eigenvalue weighted by molar-refractivity contribution is 5.96. The molecule has 30 heavy (non-hydrogen) atoms. The van der Waals surface area contributed by atoms with Crippen LogP contribution in [0.25, 0.3) is 16.8 Å². The van der Waals surface area contributed by atoms with Crippen molar-refractivity contribution in [1.82, 2.24) is 20.1 Å². The van der Waals surface area contributed by atoms with Crippen molar-refractivity contribution in [2.24, 2.45) is 0 Å². The smallest absolute Gasteiger partial charge is 0.251 e. The maximum absolute atomic E-state index is 12.4. The minimum atomic E-state index is -0.00731. The number of aryl methyl sites for hydroxylation is 1. The van der Waals surface area contributed by atoms with E-state index in [0.717, 1.165) is 53.8 Å². The number of hydrogen-bond donors (Lipinski definition) is 1. The molecule has 2 heterocycles. The Hall–Kier alpha value is -3.15. The van der Waals surface area contributed by atoms with Gasteiger partial charge < -0.3 is 10.1 Å². The second-order valence-corrected chi connectivity index (χ2v) is 8.35. The summed E-state index contributed by atoms with van der Waals surface area (Å²) in [7, 11) is 0. The Bertz CT molecular complexity index is 1060. The van der Waals surface area contributed by atoms with Gasteiger partial charge in [-0.3, -0.25) is 9.78 Å². The van der Waals surface area contributed by atoms with Crippen LogP contribution in [-0.2, 0) is 0 Å². The Kier molecular flexibility index (Phi) is 4.99. The maximum atomic E-state index is 12.4. The van der Waals surface area contributed by atoms with Gasteiger partial charge in [-0.25, -0.2) is 4.68 Å². The Morgan fingerprint density at radius 1 is 1.10 bits per heavy atom. The molecular weight excluding hydrogens is 376 g/mol. The number of nitrogens with one attached hydrogen (secondary N) is 1. The van der Waals surface area contributed by atoms with Crippen molar-refractivity contribution in [1.29, 1.82) is 0 Å². The number of carbonyl (C=O) groups excluding carboxylic acids is 1. The number of carbonyl (C=O) groups is 1. The van der Waals surface area contributed by atoms with Crippen LogP contribution in [0.1, 0.15) is 54.4 Å². The summed E-state index contributed by atoms with van der Waals surface area (Å²) in [5.41, 5.74) is 4.63. The molecule has 1 N–H and O–H groups in total. The number of nitrogens with zero attached hydrogens (tertiary/aromatic N) is 3. The van der Waals surface area contributed by atoms with E-state index in [1.807, 2.05) is 43.6 Å². The molecule has 0 atom stereocenters. The lowest BCUT2D eigenvalue weighted by Gasteiger charge is -2.13. The minimum absolute atomic E-state index is 0.00731. The van der Waals surface area contributed by atoms with Gasteiger partial charge in [0, 0.05) is 29.4 Å². The van der Waals surface area contributed by atoms with Crippen molar-refractivity contribution < 1.29 is 9.53 Å². The molecular formula is C24H26N4O2. The number of aromatic nitrogens is 3. The number of amides is 1. The fourth-order valence-electron chi connectivity index (χ4n) is 3.97. The molecule has 0 aliphatic heterocycles. The lowest BCUT2D eigenvalue weighted by Crippen LogP contribution is -2.25. The molecule has 0 saturated heterocycles. The van der Waals surface area contributed by atoms with Crippen LogP contribution in [0.2, 0.25) is 0 Å². The normalized spacial score (nSPS) is 16.6. The van der Waals surface area contributed by atoms with Gasteiger partial charge in [-0.2, -0.15) is 5.10 Å². The van der Waals surface area contributed by atoms with E-state index in [2.05, 4.69) is 15.4 Å². The molecule has 154 valence electrons. The molecule has 6 nitrogen and oxygen atoms in total. The molecule has 3 aromatic rings. The molecule has 1 amide bonds. The highest BCUT2D eigenvalue weighted by Crippen LogP contribution is 2.28. The largest absolute Gasteiger partial charge is 0.489 e. The van der Waals surface area contributed by atoms with E-state index in [-0.39, 0.29) is 5.91 Å². The van der Waals surface area contributed by atoms with E-state index in [4.69, 9.17) is 4.74 Å². The molecule has 1 aromatic carbocycles. The fourth-order valence-corrected chi connectivity index (χ4v) is 3.97. The summed E-state index contributed by atoms with van der Waals surface area (Å²) in [5, 5.41) is 7.58. The molecule has 2 fully saturated rings. The monoisotopic (exact) mass is 402 g/mol. The third-order valence-electron chi connectivity index (χ3n) is 5.87. The van der Waals surface area contributed by atoms with E-state index < -0.39 is 0 Å². The van der Waals surface area contributed by atoms with Crippen molar-refractivity contribution >= 4 is 5.91 Å². The number of rotatable bonds is 6. The summed E-state index contributed by atoms with van der Waals surface area (Å²) in [6.45, 7) is 2.05. The molecule has 0 radical (unpaired) electrons. The number of benzene rings is 1. The van der Waals surface area contributed by atoms with Gasteiger partial charge in [-0.05, 0) is 68.7 Å². The minimum Gasteiger partial charge on any atom is -0.489 e. The van der Waals surface area contributed by atoms with Gasteiger partial charge in [-0.15, -0.1) is 0 Å². The van der Waals surface area contributed by atoms with Gasteiger partial charge in [0.1, 0.15) is 5.75 Å². The lowest BCUT2D eigenvalue weighted by atomic mass is 10.0. The van der Waals surface area contributed by atoms with Gasteiger partial charge in [-0.1, -0.05) is 6.07 Å². The lowest BCUT2D eigenvalue weighted by molar-refractivity contribution is 0.0951. The Balaban J connectivity index is 1.38. The topological polar surface area (TPSA) is 69.0 Å². The van der Waals surface area contributed by atoms with Crippen molar-refractivity contribution in [3.8, 4) is 22.6 Å². The molecule has 2 aliphatic rings. The first-order valence-electron chi connectivity index (χ1n) is 10.7. The zero-order chi connectivity index (χ0) is 20.5. The summed E-state index contributed by atoms with van der Waals surface area (Å²) in [6.07, 6.45) is 14.5. The van der Waals surface area contributed by atoms with E-state index in [0.29, 0.717) is 17.7 Å². The van der Waals surface area contributed by atoms with E-state index in [9.17, 15) is 4.79 Å². The summed E-state index contributed by atoms with van der Waals surface area (Å²) in [5.74, 6) is 0.776. The van der Waals surface area contributed by atoms with E-state index in [1.54, 1.807) is 17.1 Å². The molecule has 5 rings (SSSR count). The van der Waals surface area contributed by atoms with Crippen LogP contribution in [-0.4, -0.2) is 32.8 Å². The van der Waals surface area contributed by atoms with Crippen LogP contribution in [0.5, 0.6) is 5.75 Å². The van der Waals surface area contributed by atoms with Crippen LogP contribution in [0.3, 0.4) is 0 Å². The van der Waals surface area contributed by atoms with Gasteiger partial charge in [0.15, 0.2) is 0 Å². The van der Waals surface area contributed by atoms with Gasteiger partial charge >= 0.3 is 0 Å². The van der Waals surface area contributed by atoms with Crippen LogP contribution >= 0.6 is 0 Å². The molecule has 6 heteroatoms. The standard InChI is InChI=1S/C24H26N4O2/c1-16-6-7-17(24(29)27-19-8-9-19)10-23(16)18-12-26-28(15-18)20-11-22(14-25-13-20)30-21-4-2-3-5-21/h6-7,10-15,19,21H,2-5,8-9H2,1H3,(H,27,29). The second-order valence-electron chi connectivity index (χ2n) is 8.35. The summed E-state index contributed by atoms with van der Waals surface area (Å²) in [4.78, 5) is 16.8. The quantitative estimate of drug-likeness (QED) is 0.661. The zero-order valence-electron chi connectivity index (χ0n) is 17.2. The van der Waals surface area contributed by atoms with Crippen LogP contribution in [0.4, 0.5) is 0 Å². The highest BCUT2D eigenvalue weighted by Gasteiger charge is 2.24. The van der Waals surface area contributed by atoms with Gasteiger partial charge in [0.25, 0.3) is 5.91 Å². The van der Waals surface area contributed by atoms with Crippen molar-refractivity contribution in [2.75, 3.05) is 0 Å². The molecule has 0 unspecified atom stereocenters. The van der Waals surface area contributed by atoms with Crippen LogP contribution in [0.15, 0.2) is 49.1 Å². The van der Waals surface area contributed by atoms with Gasteiger partial charge in [0.2, 0.25) is 0 Å². The molecule has 2 saturated carbocycles. The second kappa shape index (κ2) is 7.94. The average molecular weight is 402 g/mol. The highest BCUT2D eigenvalue weighted by atomic mass is 16.5. The first-order chi connectivity index (χ1) is 14.7. The first-order valence-corrected chi connectivity index (χ1v) is 10.7. The predicted molar refractivity (Wildman–Crippen MR) is 115 cm³/mol. The summed E-state index contributed by atoms with van der Waals surface area (Å²) in [6, 6.07) is 8.15. The molecule has 0 spiro atoms. The summed E-state index contributed by atoms with van der Waals surface area (Å²) >= 11 is 0. The Morgan fingerprint density at radius 3 is 2.73 bits per heavy atom. The van der Waals surface area contributed by atoms with Crippen molar-refractivity contribution in [3.05, 3.63) is 60.2 Å². The number of ether oxygens (including phenoxy) is 1. The third kappa shape index (κ3) is 4.08. The van der Waals surface area contributed by atoms with Crippen LogP contribution < -0.4 is 10.1 Å². The maximum Gasteiger partial charge on any atom is 0.251 e. The van der Waals surface area contributed by atoms with Gasteiger partial charge in [0.05, 0.1) is 30.4 Å². The molecule has 2 aliphatic carbocycles. The van der Waals surface area contributed by atoms with Crippen molar-refractivity contribution in [3.63, 3.8) is 0 Å². The Morgan fingerprint density at radius 2 is 1.93 bits per heavy atom. The first kappa shape index (κ1) is 18.9. The fraction of sp³-hybridized carbons (Fsp3) is 0.375. The van der Waals surface area contributed by atoms with E-state index in [1.165, 1.54) is 12.8 Å². The summed E-state index contributed by atoms with van der Waals surface area (Å²) < 4.78 is 7.88. The third-order valence-corrected chi connectivity index (χ3v) is 5.87. The average Bonchev–Trinajstić information content (AvgIpc) is 3.20. The molecule has 0 bridgehead atoms. The van der Waals surface area contributed by atoms with Crippen LogP contribution in [0, 0.1) is 6.92 Å². The number of pyridine rings is 1. The Labute approximate surface area is 176 Å². The zero-order valence-corrected chi connectivity index (χ0v) is 17.2. The predicted octanol–water partition coefficient (Wildman–Crippen LogP) is 4.46. The van der Waals surface area contributed by atoms with Crippen molar-refractivity contribution in [2.45, 2.75) is 57.6 Å². The van der Waals surface area contributed by atoms with E-state index >= 15 is 0 Å². The molecule has 2 aromatic heterocycles. The number of hydrogen-bond acceptors (Lipinski definition) is 4. The SMILES string of the molecule is Cc1ccc(C(=O)NC2CC2)cc1-c1cnn(-c2cncc(OC3CCCC3)c2)c1.